The van der Waals surface area contributed by atoms with Gasteiger partial charge in [0.15, 0.2) is 11.5 Å². The van der Waals surface area contributed by atoms with Crippen molar-refractivity contribution in [2.75, 3.05) is 13.2 Å². The number of aromatic hydroxyl groups is 2. The molecule has 1 fully saturated rings. The van der Waals surface area contributed by atoms with Gasteiger partial charge in [0.25, 0.3) is 0 Å². The number of hydrogen-bond acceptors (Lipinski definition) is 5. The number of likely N-dealkylation sites (tertiary alicyclic amines) is 1. The number of carboxylic acids is 1. The van der Waals surface area contributed by atoms with Crippen molar-refractivity contribution in [1.82, 2.24) is 4.90 Å². The zero-order valence-electron chi connectivity index (χ0n) is 11.3. The molecule has 1 amide bonds. The fraction of sp³-hybridized carbons (Fsp3) is 0.429. The molecular formula is C14H17NO6. The van der Waals surface area contributed by atoms with Crippen molar-refractivity contribution in [3.8, 4) is 11.5 Å². The van der Waals surface area contributed by atoms with E-state index in [2.05, 4.69) is 0 Å². The quantitative estimate of drug-likeness (QED) is 0.565. The molecule has 1 aromatic carbocycles. The largest absolute Gasteiger partial charge is 0.504 e. The summed E-state index contributed by atoms with van der Waals surface area (Å²) in [5.41, 5.74) is 0.498. The lowest BCUT2D eigenvalue weighted by Crippen LogP contribution is -2.43. The molecule has 7 heteroatoms. The molecule has 0 saturated carbocycles. The topological polar surface area (TPSA) is 118 Å². The van der Waals surface area contributed by atoms with Gasteiger partial charge in [0, 0.05) is 31.9 Å². The molecule has 4 N–H and O–H groups in total. The number of carbonyl (C=O) groups excluding carboxylic acids is 1. The molecule has 1 aliphatic heterocycles. The molecule has 0 aliphatic carbocycles. The van der Waals surface area contributed by atoms with E-state index < -0.39 is 12.0 Å². The third-order valence-corrected chi connectivity index (χ3v) is 3.63. The number of carbonyl (C=O) groups is 2. The van der Waals surface area contributed by atoms with E-state index in [1.807, 2.05) is 0 Å². The number of nitrogens with zero attached hydrogens (tertiary/aromatic N) is 1. The van der Waals surface area contributed by atoms with Crippen molar-refractivity contribution >= 4 is 11.9 Å². The van der Waals surface area contributed by atoms with Crippen LogP contribution in [0.5, 0.6) is 11.5 Å². The van der Waals surface area contributed by atoms with Crippen molar-refractivity contribution in [1.29, 1.82) is 0 Å². The predicted molar refractivity (Wildman–Crippen MR) is 71.8 cm³/mol. The van der Waals surface area contributed by atoms with E-state index in [-0.39, 0.29) is 49.3 Å². The summed E-state index contributed by atoms with van der Waals surface area (Å²) in [6, 6.07) is 2.98. The maximum Gasteiger partial charge on any atom is 0.326 e. The van der Waals surface area contributed by atoms with Gasteiger partial charge in [0.1, 0.15) is 6.04 Å². The Hall–Kier alpha value is -2.28. The number of aliphatic hydroxyl groups excluding tert-OH is 1. The molecule has 0 spiro atoms. The highest BCUT2D eigenvalue weighted by atomic mass is 16.4. The van der Waals surface area contributed by atoms with Crippen LogP contribution in [0.2, 0.25) is 0 Å². The first kappa shape index (κ1) is 15.1. The second kappa shape index (κ2) is 6.01. The zero-order chi connectivity index (χ0) is 15.6. The Morgan fingerprint density at radius 2 is 2.05 bits per heavy atom. The van der Waals surface area contributed by atoms with Gasteiger partial charge in [-0.05, 0) is 17.7 Å². The number of aliphatic carboxylic acids is 1. The normalized spacial score (nSPS) is 19.8. The standard InChI is InChI=1S/C14H17NO6/c16-7-9-5-13(19)15(6-9)10(14(20)21)3-8-1-2-11(17)12(18)4-8/h1-2,4,9-10,16-18H,3,5-7H2,(H,20,21)/t9?,10-/m0/s1. The van der Waals surface area contributed by atoms with Crippen LogP contribution >= 0.6 is 0 Å². The number of benzene rings is 1. The lowest BCUT2D eigenvalue weighted by molar-refractivity contribution is -0.148. The van der Waals surface area contributed by atoms with E-state index in [1.165, 1.54) is 23.1 Å². The molecule has 0 radical (unpaired) electrons. The zero-order valence-corrected chi connectivity index (χ0v) is 11.3. The van der Waals surface area contributed by atoms with Gasteiger partial charge < -0.3 is 25.3 Å². The summed E-state index contributed by atoms with van der Waals surface area (Å²) in [5, 5.41) is 37.1. The smallest absolute Gasteiger partial charge is 0.326 e. The summed E-state index contributed by atoms with van der Waals surface area (Å²) in [4.78, 5) is 24.5. The van der Waals surface area contributed by atoms with Crippen LogP contribution in [-0.2, 0) is 16.0 Å². The Labute approximate surface area is 121 Å². The van der Waals surface area contributed by atoms with E-state index in [0.717, 1.165) is 0 Å². The van der Waals surface area contributed by atoms with Gasteiger partial charge in [0.05, 0.1) is 0 Å². The average molecular weight is 295 g/mol. The first-order chi connectivity index (χ1) is 9.92. The van der Waals surface area contributed by atoms with E-state index in [4.69, 9.17) is 5.11 Å². The molecular weight excluding hydrogens is 278 g/mol. The van der Waals surface area contributed by atoms with E-state index >= 15 is 0 Å². The Morgan fingerprint density at radius 3 is 2.57 bits per heavy atom. The highest BCUT2D eigenvalue weighted by molar-refractivity contribution is 5.85. The summed E-state index contributed by atoms with van der Waals surface area (Å²) >= 11 is 0. The Bertz CT molecular complexity index is 558. The van der Waals surface area contributed by atoms with Crippen molar-refractivity contribution in [3.63, 3.8) is 0 Å². The Balaban J connectivity index is 2.18. The number of aliphatic hydroxyl groups is 1. The fourth-order valence-electron chi connectivity index (χ4n) is 2.48. The van der Waals surface area contributed by atoms with Gasteiger partial charge >= 0.3 is 5.97 Å². The molecule has 21 heavy (non-hydrogen) atoms. The second-order valence-corrected chi connectivity index (χ2v) is 5.18. The number of carboxylic acid groups (broad SMARTS) is 1. The minimum absolute atomic E-state index is 0.0209. The number of phenols is 2. The van der Waals surface area contributed by atoms with Gasteiger partial charge in [-0.15, -0.1) is 0 Å². The van der Waals surface area contributed by atoms with Crippen molar-refractivity contribution < 1.29 is 30.0 Å². The molecule has 7 nitrogen and oxygen atoms in total. The van der Waals surface area contributed by atoms with Crippen molar-refractivity contribution in [3.05, 3.63) is 23.8 Å². The third kappa shape index (κ3) is 3.25. The van der Waals surface area contributed by atoms with Gasteiger partial charge in [-0.1, -0.05) is 6.07 Å². The number of phenolic OH excluding ortho intramolecular Hbond substituents is 2. The van der Waals surface area contributed by atoms with Crippen LogP contribution in [0.15, 0.2) is 18.2 Å². The molecule has 1 aromatic rings. The monoisotopic (exact) mass is 295 g/mol. The van der Waals surface area contributed by atoms with Gasteiger partial charge in [-0.25, -0.2) is 4.79 Å². The van der Waals surface area contributed by atoms with Gasteiger partial charge in [0.2, 0.25) is 5.91 Å². The van der Waals surface area contributed by atoms with Crippen LogP contribution < -0.4 is 0 Å². The minimum atomic E-state index is -1.14. The van der Waals surface area contributed by atoms with Gasteiger partial charge in [-0.2, -0.15) is 0 Å². The maximum atomic E-state index is 11.9. The minimum Gasteiger partial charge on any atom is -0.504 e. The SMILES string of the molecule is O=C(O)[C@H](Cc1ccc(O)c(O)c1)N1CC(CO)CC1=O. The van der Waals surface area contributed by atoms with Crippen LogP contribution in [0.1, 0.15) is 12.0 Å². The summed E-state index contributed by atoms with van der Waals surface area (Å²) in [6.07, 6.45) is 0.161. The number of amides is 1. The molecule has 0 aromatic heterocycles. The molecule has 1 saturated heterocycles. The Kier molecular flexibility index (Phi) is 4.32. The van der Waals surface area contributed by atoms with E-state index in [9.17, 15) is 24.9 Å². The highest BCUT2D eigenvalue weighted by Crippen LogP contribution is 2.27. The molecule has 2 atom stereocenters. The molecule has 1 heterocycles. The molecule has 2 rings (SSSR count). The van der Waals surface area contributed by atoms with Crippen LogP contribution in [-0.4, -0.2) is 56.4 Å². The molecule has 1 unspecified atom stereocenters. The number of rotatable bonds is 5. The van der Waals surface area contributed by atoms with E-state index in [1.54, 1.807) is 0 Å². The first-order valence-corrected chi connectivity index (χ1v) is 6.56. The van der Waals surface area contributed by atoms with E-state index in [0.29, 0.717) is 5.56 Å². The maximum absolute atomic E-state index is 11.9. The van der Waals surface area contributed by atoms with Crippen molar-refractivity contribution in [2.45, 2.75) is 18.9 Å². The van der Waals surface area contributed by atoms with Crippen LogP contribution in [0, 0.1) is 5.92 Å². The summed E-state index contributed by atoms with van der Waals surface area (Å²) in [7, 11) is 0. The summed E-state index contributed by atoms with van der Waals surface area (Å²) in [6.45, 7) is 0.0466. The lowest BCUT2D eigenvalue weighted by atomic mass is 10.0. The number of hydrogen-bond donors (Lipinski definition) is 4. The van der Waals surface area contributed by atoms with Gasteiger partial charge in [-0.3, -0.25) is 4.79 Å². The summed E-state index contributed by atoms with van der Waals surface area (Å²) in [5.74, 6) is -2.31. The summed E-state index contributed by atoms with van der Waals surface area (Å²) < 4.78 is 0. The predicted octanol–water partition coefficient (Wildman–Crippen LogP) is -0.0657. The fourth-order valence-corrected chi connectivity index (χ4v) is 2.48. The third-order valence-electron chi connectivity index (χ3n) is 3.63. The Morgan fingerprint density at radius 1 is 1.33 bits per heavy atom. The molecule has 0 bridgehead atoms. The van der Waals surface area contributed by atoms with Crippen molar-refractivity contribution in [2.24, 2.45) is 5.92 Å². The second-order valence-electron chi connectivity index (χ2n) is 5.18. The van der Waals surface area contributed by atoms with Crippen LogP contribution in [0.4, 0.5) is 0 Å². The average Bonchev–Trinajstić information content (AvgIpc) is 2.80. The first-order valence-electron chi connectivity index (χ1n) is 6.56. The molecule has 1 aliphatic rings. The van der Waals surface area contributed by atoms with Crippen LogP contribution in [0.25, 0.3) is 0 Å². The highest BCUT2D eigenvalue weighted by Gasteiger charge is 2.37. The lowest BCUT2D eigenvalue weighted by Gasteiger charge is -2.24. The van der Waals surface area contributed by atoms with Crippen LogP contribution in [0.3, 0.4) is 0 Å². The molecule has 114 valence electrons.